The van der Waals surface area contributed by atoms with Gasteiger partial charge in [-0.05, 0) is 24.5 Å². The van der Waals surface area contributed by atoms with Crippen LogP contribution in [0.3, 0.4) is 0 Å². The molecule has 20 heavy (non-hydrogen) atoms. The Kier molecular flexibility index (Phi) is 2.69. The minimum absolute atomic E-state index is 0.126. The molecule has 2 N–H and O–H groups in total. The van der Waals surface area contributed by atoms with E-state index in [0.29, 0.717) is 19.2 Å². The first-order chi connectivity index (χ1) is 9.17. The summed E-state index contributed by atoms with van der Waals surface area (Å²) in [6, 6.07) is 1.46. The average molecular weight is 293 g/mol. The van der Waals surface area contributed by atoms with Gasteiger partial charge in [0, 0.05) is 18.5 Å². The molecule has 0 aromatic heterocycles. The lowest BCUT2D eigenvalue weighted by Crippen LogP contribution is -2.65. The first-order valence-electron chi connectivity index (χ1n) is 6.16. The summed E-state index contributed by atoms with van der Waals surface area (Å²) in [5.41, 5.74) is -4.20. The van der Waals surface area contributed by atoms with Crippen LogP contribution in [0.5, 0.6) is 0 Å². The Balaban J connectivity index is 2.04. The Labute approximate surface area is 111 Å². The van der Waals surface area contributed by atoms with E-state index in [4.69, 9.17) is 0 Å². The van der Waals surface area contributed by atoms with Gasteiger partial charge in [-0.25, -0.2) is 8.78 Å². The summed E-state index contributed by atoms with van der Waals surface area (Å²) in [5, 5.41) is 13.3. The third-order valence-electron chi connectivity index (χ3n) is 4.21. The number of nitrogens with one attached hydrogen (secondary N) is 1. The zero-order chi connectivity index (χ0) is 14.8. The standard InChI is InChI=1S/C13H12F5NO/c14-8-2-1-7(9(10(8)15)13(16,17)18)12(20)3-11(4-12)5-19-6-11/h1-2,19-20H,3-6H2. The van der Waals surface area contributed by atoms with E-state index < -0.39 is 34.5 Å². The Bertz CT molecular complexity index is 557. The van der Waals surface area contributed by atoms with E-state index >= 15 is 0 Å². The molecule has 2 nitrogen and oxygen atoms in total. The first-order valence-corrected chi connectivity index (χ1v) is 6.16. The predicted octanol–water partition coefficient (Wildman–Crippen LogP) is 2.55. The van der Waals surface area contributed by atoms with Gasteiger partial charge in [-0.3, -0.25) is 0 Å². The maximum Gasteiger partial charge on any atom is 0.419 e. The normalized spacial score (nSPS) is 23.3. The average Bonchev–Trinajstić information content (AvgIpc) is 2.24. The Morgan fingerprint density at radius 2 is 1.70 bits per heavy atom. The van der Waals surface area contributed by atoms with Crippen LogP contribution in [0.15, 0.2) is 12.1 Å². The first kappa shape index (κ1) is 13.8. The number of rotatable bonds is 1. The molecule has 0 bridgehead atoms. The Hall–Kier alpha value is -1.21. The number of hydrogen-bond donors (Lipinski definition) is 2. The van der Waals surface area contributed by atoms with Crippen LogP contribution < -0.4 is 5.32 Å². The van der Waals surface area contributed by atoms with Crippen molar-refractivity contribution >= 4 is 0 Å². The van der Waals surface area contributed by atoms with Crippen LogP contribution in [0.1, 0.15) is 24.0 Å². The van der Waals surface area contributed by atoms with E-state index in [1.807, 2.05) is 0 Å². The minimum Gasteiger partial charge on any atom is -0.385 e. The minimum atomic E-state index is -5.04. The van der Waals surface area contributed by atoms with Crippen molar-refractivity contribution in [3.8, 4) is 0 Å². The molecule has 1 spiro atoms. The molecule has 2 fully saturated rings. The second-order valence-electron chi connectivity index (χ2n) is 5.77. The summed E-state index contributed by atoms with van der Waals surface area (Å²) in [6.45, 7) is 1.25. The summed E-state index contributed by atoms with van der Waals surface area (Å²) in [6.07, 6.45) is -4.79. The highest BCUT2D eigenvalue weighted by atomic mass is 19.4. The van der Waals surface area contributed by atoms with E-state index in [1.165, 1.54) is 0 Å². The molecule has 3 rings (SSSR count). The van der Waals surface area contributed by atoms with Gasteiger partial charge in [-0.2, -0.15) is 13.2 Å². The van der Waals surface area contributed by atoms with Crippen molar-refractivity contribution in [1.82, 2.24) is 5.32 Å². The second-order valence-corrected chi connectivity index (χ2v) is 5.77. The van der Waals surface area contributed by atoms with Crippen LogP contribution in [0.2, 0.25) is 0 Å². The van der Waals surface area contributed by atoms with Crippen LogP contribution in [0, 0.1) is 17.0 Å². The number of halogens is 5. The summed E-state index contributed by atoms with van der Waals surface area (Å²) in [5.74, 6) is -3.51. The second kappa shape index (κ2) is 3.92. The van der Waals surface area contributed by atoms with Gasteiger partial charge in [0.2, 0.25) is 0 Å². The van der Waals surface area contributed by atoms with E-state index in [2.05, 4.69) is 5.32 Å². The largest absolute Gasteiger partial charge is 0.419 e. The van der Waals surface area contributed by atoms with Crippen molar-refractivity contribution in [1.29, 1.82) is 0 Å². The molecule has 7 heteroatoms. The number of hydrogen-bond acceptors (Lipinski definition) is 2. The smallest absolute Gasteiger partial charge is 0.385 e. The van der Waals surface area contributed by atoms with Crippen LogP contribution in [-0.4, -0.2) is 18.2 Å². The number of aliphatic hydroxyl groups is 1. The molecule has 1 heterocycles. The molecular formula is C13H12F5NO. The highest BCUT2D eigenvalue weighted by Gasteiger charge is 2.59. The van der Waals surface area contributed by atoms with Crippen molar-refractivity contribution in [3.05, 3.63) is 34.9 Å². The lowest BCUT2D eigenvalue weighted by Gasteiger charge is -2.59. The summed E-state index contributed by atoms with van der Waals surface area (Å²) < 4.78 is 65.4. The van der Waals surface area contributed by atoms with Gasteiger partial charge in [0.1, 0.15) is 5.56 Å². The van der Waals surface area contributed by atoms with Crippen molar-refractivity contribution in [3.63, 3.8) is 0 Å². The van der Waals surface area contributed by atoms with E-state index in [0.717, 1.165) is 6.07 Å². The molecule has 110 valence electrons. The Morgan fingerprint density at radius 3 is 2.15 bits per heavy atom. The van der Waals surface area contributed by atoms with E-state index in [1.54, 1.807) is 0 Å². The topological polar surface area (TPSA) is 32.3 Å². The van der Waals surface area contributed by atoms with Gasteiger partial charge in [-0.1, -0.05) is 6.07 Å². The lowest BCUT2D eigenvalue weighted by atomic mass is 9.53. The van der Waals surface area contributed by atoms with Crippen molar-refractivity contribution in [2.75, 3.05) is 13.1 Å². The highest BCUT2D eigenvalue weighted by molar-refractivity contribution is 5.39. The van der Waals surface area contributed by atoms with E-state index in [9.17, 15) is 27.1 Å². The van der Waals surface area contributed by atoms with Gasteiger partial charge in [0.15, 0.2) is 11.6 Å². The van der Waals surface area contributed by atoms with Crippen LogP contribution in [0.4, 0.5) is 22.0 Å². The quantitative estimate of drug-likeness (QED) is 0.780. The maximum atomic E-state index is 13.5. The third-order valence-corrected chi connectivity index (χ3v) is 4.21. The van der Waals surface area contributed by atoms with Crippen LogP contribution >= 0.6 is 0 Å². The molecule has 1 aromatic carbocycles. The molecule has 1 aliphatic carbocycles. The molecule has 1 aromatic rings. The van der Waals surface area contributed by atoms with Gasteiger partial charge >= 0.3 is 6.18 Å². The molecule has 1 saturated carbocycles. The molecule has 1 aliphatic heterocycles. The molecule has 0 unspecified atom stereocenters. The number of alkyl halides is 3. The SMILES string of the molecule is OC1(c2ccc(F)c(F)c2C(F)(F)F)CC2(CNC2)C1. The fourth-order valence-corrected chi connectivity index (χ4v) is 3.32. The van der Waals surface area contributed by atoms with Crippen molar-refractivity contribution in [2.24, 2.45) is 5.41 Å². The monoisotopic (exact) mass is 293 g/mol. The summed E-state index contributed by atoms with van der Waals surface area (Å²) >= 11 is 0. The number of benzene rings is 1. The van der Waals surface area contributed by atoms with Gasteiger partial charge in [-0.15, -0.1) is 0 Å². The predicted molar refractivity (Wildman–Crippen MR) is 59.8 cm³/mol. The van der Waals surface area contributed by atoms with Gasteiger partial charge in [0.05, 0.1) is 5.60 Å². The van der Waals surface area contributed by atoms with Crippen molar-refractivity contribution < 1.29 is 27.1 Å². The molecule has 0 radical (unpaired) electrons. The lowest BCUT2D eigenvalue weighted by molar-refractivity contribution is -0.170. The molecule has 1 saturated heterocycles. The molecular weight excluding hydrogens is 281 g/mol. The summed E-state index contributed by atoms with van der Waals surface area (Å²) in [4.78, 5) is 0. The maximum absolute atomic E-state index is 13.5. The molecule has 0 amide bonds. The van der Waals surface area contributed by atoms with E-state index in [-0.39, 0.29) is 18.3 Å². The van der Waals surface area contributed by atoms with Crippen LogP contribution in [-0.2, 0) is 11.8 Å². The van der Waals surface area contributed by atoms with Crippen molar-refractivity contribution in [2.45, 2.75) is 24.6 Å². The Morgan fingerprint density at radius 1 is 1.10 bits per heavy atom. The summed E-state index contributed by atoms with van der Waals surface area (Å²) in [7, 11) is 0. The third kappa shape index (κ3) is 1.83. The van der Waals surface area contributed by atoms with Gasteiger partial charge in [0.25, 0.3) is 0 Å². The van der Waals surface area contributed by atoms with Crippen LogP contribution in [0.25, 0.3) is 0 Å². The fourth-order valence-electron chi connectivity index (χ4n) is 3.32. The van der Waals surface area contributed by atoms with Gasteiger partial charge < -0.3 is 10.4 Å². The molecule has 0 atom stereocenters. The highest BCUT2D eigenvalue weighted by Crippen LogP contribution is 2.58. The fraction of sp³-hybridized carbons (Fsp3) is 0.538. The zero-order valence-electron chi connectivity index (χ0n) is 10.3. The zero-order valence-corrected chi connectivity index (χ0v) is 10.3. The molecule has 2 aliphatic rings.